The normalized spacial score (nSPS) is 20.4. The first-order valence-corrected chi connectivity index (χ1v) is 6.53. The van der Waals surface area contributed by atoms with Crippen LogP contribution in [0.25, 0.3) is 10.9 Å². The zero-order valence-electron chi connectivity index (χ0n) is 11.0. The van der Waals surface area contributed by atoms with Crippen molar-refractivity contribution in [3.63, 3.8) is 0 Å². The maximum absolute atomic E-state index is 4.48. The van der Waals surface area contributed by atoms with Crippen LogP contribution < -0.4 is 5.32 Å². The maximum atomic E-state index is 4.48. The first kappa shape index (κ1) is 11.5. The number of pyridine rings is 1. The molecule has 1 fully saturated rings. The van der Waals surface area contributed by atoms with Crippen molar-refractivity contribution < 1.29 is 0 Å². The molecule has 1 saturated heterocycles. The van der Waals surface area contributed by atoms with Crippen molar-refractivity contribution in [3.05, 3.63) is 36.0 Å². The van der Waals surface area contributed by atoms with E-state index >= 15 is 0 Å². The highest BCUT2D eigenvalue weighted by atomic mass is 15.2. The summed E-state index contributed by atoms with van der Waals surface area (Å²) in [6.07, 6.45) is 3.08. The predicted octanol–water partition coefficient (Wildman–Crippen LogP) is 2.66. The summed E-state index contributed by atoms with van der Waals surface area (Å²) in [5.74, 6) is 0. The molecule has 3 rings (SSSR count). The van der Waals surface area contributed by atoms with Gasteiger partial charge in [0.05, 0.1) is 5.52 Å². The average Bonchev–Trinajstić information content (AvgIpc) is 2.79. The number of aromatic nitrogens is 1. The number of nitrogens with one attached hydrogen (secondary N) is 1. The van der Waals surface area contributed by atoms with Crippen LogP contribution >= 0.6 is 0 Å². The van der Waals surface area contributed by atoms with Gasteiger partial charge >= 0.3 is 0 Å². The number of rotatable bonds is 2. The van der Waals surface area contributed by atoms with Crippen LogP contribution in [0.5, 0.6) is 0 Å². The van der Waals surface area contributed by atoms with Gasteiger partial charge in [-0.25, -0.2) is 0 Å². The monoisotopic (exact) mass is 241 g/mol. The molecule has 3 nitrogen and oxygen atoms in total. The van der Waals surface area contributed by atoms with E-state index in [9.17, 15) is 0 Å². The number of benzene rings is 1. The highest BCUT2D eigenvalue weighted by molar-refractivity contribution is 5.93. The molecule has 2 aromatic rings. The fraction of sp³-hybridized carbons (Fsp3) is 0.400. The Bertz CT molecular complexity index is 565. The molecule has 1 atom stereocenters. The summed E-state index contributed by atoms with van der Waals surface area (Å²) < 4.78 is 0. The summed E-state index contributed by atoms with van der Waals surface area (Å²) in [6.45, 7) is 4.41. The highest BCUT2D eigenvalue weighted by Crippen LogP contribution is 2.26. The lowest BCUT2D eigenvalue weighted by molar-refractivity contribution is 0.414. The number of likely N-dealkylation sites (N-methyl/N-ethyl adjacent to an activating group) is 1. The number of likely N-dealkylation sites (tertiary alicyclic amines) is 1. The van der Waals surface area contributed by atoms with E-state index < -0.39 is 0 Å². The minimum Gasteiger partial charge on any atom is -0.380 e. The largest absolute Gasteiger partial charge is 0.380 e. The van der Waals surface area contributed by atoms with Crippen molar-refractivity contribution in [1.29, 1.82) is 0 Å². The van der Waals surface area contributed by atoms with Gasteiger partial charge in [0.25, 0.3) is 0 Å². The Balaban J connectivity index is 1.95. The van der Waals surface area contributed by atoms with E-state index in [2.05, 4.69) is 47.4 Å². The molecule has 0 saturated carbocycles. The van der Waals surface area contributed by atoms with Gasteiger partial charge in [0.15, 0.2) is 0 Å². The molecule has 2 heterocycles. The van der Waals surface area contributed by atoms with E-state index in [0.29, 0.717) is 6.04 Å². The lowest BCUT2D eigenvalue weighted by Crippen LogP contribution is -2.23. The second-order valence-corrected chi connectivity index (χ2v) is 5.22. The molecular weight excluding hydrogens is 222 g/mol. The first-order chi connectivity index (χ1) is 8.74. The SMILES string of the molecule is Cc1ccc(NC2CCN(C)C2)c2cccnc12. The van der Waals surface area contributed by atoms with Crippen LogP contribution in [0.3, 0.4) is 0 Å². The van der Waals surface area contributed by atoms with Gasteiger partial charge in [0, 0.05) is 29.9 Å². The number of hydrogen-bond donors (Lipinski definition) is 1. The van der Waals surface area contributed by atoms with E-state index in [1.165, 1.54) is 29.6 Å². The van der Waals surface area contributed by atoms with Crippen LogP contribution in [0.1, 0.15) is 12.0 Å². The van der Waals surface area contributed by atoms with Crippen molar-refractivity contribution in [2.24, 2.45) is 0 Å². The Morgan fingerprint density at radius 3 is 3.00 bits per heavy atom. The Kier molecular flexibility index (Phi) is 2.92. The zero-order valence-corrected chi connectivity index (χ0v) is 11.0. The van der Waals surface area contributed by atoms with Crippen LogP contribution in [-0.2, 0) is 0 Å². The molecule has 94 valence electrons. The van der Waals surface area contributed by atoms with Crippen molar-refractivity contribution in [2.75, 3.05) is 25.5 Å². The van der Waals surface area contributed by atoms with Crippen LogP contribution in [0.4, 0.5) is 5.69 Å². The predicted molar refractivity (Wildman–Crippen MR) is 76.0 cm³/mol. The fourth-order valence-corrected chi connectivity index (χ4v) is 2.71. The molecule has 1 aliphatic heterocycles. The number of hydrogen-bond acceptors (Lipinski definition) is 3. The second kappa shape index (κ2) is 4.58. The van der Waals surface area contributed by atoms with Crippen molar-refractivity contribution in [3.8, 4) is 0 Å². The van der Waals surface area contributed by atoms with Crippen LogP contribution in [0.15, 0.2) is 30.5 Å². The van der Waals surface area contributed by atoms with Gasteiger partial charge in [0.2, 0.25) is 0 Å². The molecule has 1 N–H and O–H groups in total. The van der Waals surface area contributed by atoms with Gasteiger partial charge in [-0.05, 0) is 50.7 Å². The quantitative estimate of drug-likeness (QED) is 0.876. The molecule has 1 aliphatic rings. The van der Waals surface area contributed by atoms with Gasteiger partial charge in [-0.1, -0.05) is 6.07 Å². The summed E-state index contributed by atoms with van der Waals surface area (Å²) >= 11 is 0. The Hall–Kier alpha value is -1.61. The third-order valence-corrected chi connectivity index (χ3v) is 3.72. The fourth-order valence-electron chi connectivity index (χ4n) is 2.71. The van der Waals surface area contributed by atoms with Gasteiger partial charge in [-0.15, -0.1) is 0 Å². The third kappa shape index (κ3) is 2.06. The van der Waals surface area contributed by atoms with E-state index in [1.54, 1.807) is 0 Å². The molecule has 1 aromatic carbocycles. The molecular formula is C15H19N3. The molecule has 1 aromatic heterocycles. The highest BCUT2D eigenvalue weighted by Gasteiger charge is 2.19. The zero-order chi connectivity index (χ0) is 12.5. The number of aryl methyl sites for hydroxylation is 1. The van der Waals surface area contributed by atoms with Gasteiger partial charge < -0.3 is 10.2 Å². The number of nitrogens with zero attached hydrogens (tertiary/aromatic N) is 2. The summed E-state index contributed by atoms with van der Waals surface area (Å²) in [4.78, 5) is 6.85. The lowest BCUT2D eigenvalue weighted by Gasteiger charge is -2.16. The Morgan fingerprint density at radius 1 is 1.33 bits per heavy atom. The standard InChI is InChI=1S/C15H19N3/c1-11-5-6-14(13-4-3-8-16-15(11)13)17-12-7-9-18(2)10-12/h3-6,8,12,17H,7,9-10H2,1-2H3. The van der Waals surface area contributed by atoms with E-state index in [0.717, 1.165) is 12.1 Å². The molecule has 0 aliphatic carbocycles. The summed E-state index contributed by atoms with van der Waals surface area (Å²) in [5.41, 5.74) is 3.55. The van der Waals surface area contributed by atoms with Crippen LogP contribution in [0.2, 0.25) is 0 Å². The molecule has 1 unspecified atom stereocenters. The van der Waals surface area contributed by atoms with E-state index in [-0.39, 0.29) is 0 Å². The van der Waals surface area contributed by atoms with Gasteiger partial charge in [-0.2, -0.15) is 0 Å². The summed E-state index contributed by atoms with van der Waals surface area (Å²) in [5, 5.41) is 4.89. The second-order valence-electron chi connectivity index (χ2n) is 5.22. The van der Waals surface area contributed by atoms with E-state index in [1.807, 2.05) is 12.3 Å². The summed E-state index contributed by atoms with van der Waals surface area (Å²) in [7, 11) is 2.18. The van der Waals surface area contributed by atoms with Crippen molar-refractivity contribution in [2.45, 2.75) is 19.4 Å². The third-order valence-electron chi connectivity index (χ3n) is 3.72. The summed E-state index contributed by atoms with van der Waals surface area (Å²) in [6, 6.07) is 9.04. The average molecular weight is 241 g/mol. The van der Waals surface area contributed by atoms with Gasteiger partial charge in [0.1, 0.15) is 0 Å². The first-order valence-electron chi connectivity index (χ1n) is 6.53. The van der Waals surface area contributed by atoms with Crippen molar-refractivity contribution >= 4 is 16.6 Å². The molecule has 3 heteroatoms. The van der Waals surface area contributed by atoms with E-state index in [4.69, 9.17) is 0 Å². The minimum atomic E-state index is 0.557. The Labute approximate surface area is 108 Å². The molecule has 0 bridgehead atoms. The molecule has 0 amide bonds. The van der Waals surface area contributed by atoms with Crippen molar-refractivity contribution in [1.82, 2.24) is 9.88 Å². The minimum absolute atomic E-state index is 0.557. The molecule has 0 radical (unpaired) electrons. The number of fused-ring (bicyclic) bond motifs is 1. The van der Waals surface area contributed by atoms with Gasteiger partial charge in [-0.3, -0.25) is 4.98 Å². The number of anilines is 1. The molecule has 18 heavy (non-hydrogen) atoms. The molecule has 0 spiro atoms. The van der Waals surface area contributed by atoms with Crippen LogP contribution in [-0.4, -0.2) is 36.1 Å². The maximum Gasteiger partial charge on any atom is 0.0751 e. The lowest BCUT2D eigenvalue weighted by atomic mass is 10.1. The smallest absolute Gasteiger partial charge is 0.0751 e. The topological polar surface area (TPSA) is 28.2 Å². The van der Waals surface area contributed by atoms with Crippen LogP contribution in [0, 0.1) is 6.92 Å². The Morgan fingerprint density at radius 2 is 2.22 bits per heavy atom.